The van der Waals surface area contributed by atoms with Crippen molar-refractivity contribution in [3.05, 3.63) is 35.9 Å². The highest BCUT2D eigenvalue weighted by Crippen LogP contribution is 2.29. The topological polar surface area (TPSA) is 12.5 Å². The third-order valence-corrected chi connectivity index (χ3v) is 3.74. The second-order valence-corrected chi connectivity index (χ2v) is 5.10. The van der Waals surface area contributed by atoms with Crippen LogP contribution >= 0.6 is 15.9 Å². The van der Waals surface area contributed by atoms with Gasteiger partial charge in [-0.3, -0.25) is 4.90 Å². The molecular weight excluding hydrogens is 304 g/mol. The van der Waals surface area contributed by atoms with Crippen molar-refractivity contribution in [1.29, 1.82) is 0 Å². The fraction of sp³-hybridized carbons (Fsp3) is 0.538. The molecule has 1 atom stereocenters. The summed E-state index contributed by atoms with van der Waals surface area (Å²) in [6, 6.07) is 7.98. The Morgan fingerprint density at radius 3 is 2.72 bits per heavy atom. The molecule has 2 nitrogen and oxygen atoms in total. The molecule has 0 radical (unpaired) electrons. The van der Waals surface area contributed by atoms with Gasteiger partial charge in [0, 0.05) is 24.0 Å². The van der Waals surface area contributed by atoms with Crippen LogP contribution in [-0.2, 0) is 10.7 Å². The standard InChI is InChI=1S/C13H16BrF2NO/c14-8-12-9-17(6-7-18-12)10-13(15,16)11-4-2-1-3-5-11/h1-5,12H,6-10H2. The van der Waals surface area contributed by atoms with Gasteiger partial charge in [-0.1, -0.05) is 46.3 Å². The molecule has 0 N–H and O–H groups in total. The van der Waals surface area contributed by atoms with Gasteiger partial charge >= 0.3 is 0 Å². The molecule has 1 unspecified atom stereocenters. The first kappa shape index (κ1) is 13.9. The fourth-order valence-electron chi connectivity index (χ4n) is 2.07. The van der Waals surface area contributed by atoms with Crippen LogP contribution in [0.2, 0.25) is 0 Å². The molecule has 1 aliphatic heterocycles. The van der Waals surface area contributed by atoms with Crippen molar-refractivity contribution in [2.75, 3.05) is 31.6 Å². The van der Waals surface area contributed by atoms with Gasteiger partial charge in [0.1, 0.15) is 0 Å². The van der Waals surface area contributed by atoms with Crippen molar-refractivity contribution in [3.63, 3.8) is 0 Å². The van der Waals surface area contributed by atoms with E-state index in [0.717, 1.165) is 0 Å². The molecule has 1 aromatic rings. The summed E-state index contributed by atoms with van der Waals surface area (Å²) in [7, 11) is 0. The number of nitrogens with zero attached hydrogens (tertiary/aromatic N) is 1. The van der Waals surface area contributed by atoms with Gasteiger partial charge < -0.3 is 4.74 Å². The third kappa shape index (κ3) is 3.49. The van der Waals surface area contributed by atoms with Gasteiger partial charge in [-0.15, -0.1) is 0 Å². The summed E-state index contributed by atoms with van der Waals surface area (Å²) in [4.78, 5) is 1.77. The molecule has 100 valence electrons. The molecule has 18 heavy (non-hydrogen) atoms. The van der Waals surface area contributed by atoms with Gasteiger partial charge in [0.2, 0.25) is 0 Å². The molecule has 1 aromatic carbocycles. The quantitative estimate of drug-likeness (QED) is 0.791. The normalized spacial score (nSPS) is 22.1. The Morgan fingerprint density at radius 1 is 1.33 bits per heavy atom. The van der Waals surface area contributed by atoms with Gasteiger partial charge in [-0.25, -0.2) is 0 Å². The molecule has 2 rings (SSSR count). The maximum atomic E-state index is 14.1. The van der Waals surface area contributed by atoms with Crippen LogP contribution in [0.3, 0.4) is 0 Å². The van der Waals surface area contributed by atoms with E-state index in [1.54, 1.807) is 23.1 Å². The van der Waals surface area contributed by atoms with Crippen LogP contribution in [0.4, 0.5) is 8.78 Å². The molecule has 0 bridgehead atoms. The Hall–Kier alpha value is -0.520. The third-order valence-electron chi connectivity index (χ3n) is 3.01. The van der Waals surface area contributed by atoms with Gasteiger partial charge in [-0.2, -0.15) is 8.78 Å². The predicted molar refractivity (Wildman–Crippen MR) is 70.3 cm³/mol. The molecule has 1 aliphatic rings. The van der Waals surface area contributed by atoms with E-state index in [2.05, 4.69) is 15.9 Å². The van der Waals surface area contributed by atoms with Crippen LogP contribution in [0.1, 0.15) is 5.56 Å². The highest BCUT2D eigenvalue weighted by Gasteiger charge is 2.35. The highest BCUT2D eigenvalue weighted by atomic mass is 79.9. The molecule has 0 saturated carbocycles. The maximum absolute atomic E-state index is 14.1. The maximum Gasteiger partial charge on any atom is 0.285 e. The SMILES string of the molecule is FC(F)(CN1CCOC(CBr)C1)c1ccccc1. The van der Waals surface area contributed by atoms with Crippen molar-refractivity contribution >= 4 is 15.9 Å². The molecule has 1 fully saturated rings. The van der Waals surface area contributed by atoms with Crippen LogP contribution in [0.25, 0.3) is 0 Å². The summed E-state index contributed by atoms with van der Waals surface area (Å²) in [6.45, 7) is 1.38. The Kier molecular flexibility index (Phi) is 4.70. The summed E-state index contributed by atoms with van der Waals surface area (Å²) < 4.78 is 33.6. The van der Waals surface area contributed by atoms with E-state index in [-0.39, 0.29) is 18.2 Å². The Morgan fingerprint density at radius 2 is 2.06 bits per heavy atom. The lowest BCUT2D eigenvalue weighted by molar-refractivity contribution is -0.0785. The van der Waals surface area contributed by atoms with Crippen LogP contribution in [0.5, 0.6) is 0 Å². The van der Waals surface area contributed by atoms with Crippen LogP contribution < -0.4 is 0 Å². The number of hydrogen-bond acceptors (Lipinski definition) is 2. The van der Waals surface area contributed by atoms with Crippen molar-refractivity contribution in [2.45, 2.75) is 12.0 Å². The Bertz CT molecular complexity index is 375. The van der Waals surface area contributed by atoms with Crippen LogP contribution in [-0.4, -0.2) is 42.6 Å². The van der Waals surface area contributed by atoms with E-state index in [4.69, 9.17) is 4.74 Å². The second-order valence-electron chi connectivity index (χ2n) is 4.45. The Labute approximate surface area is 114 Å². The summed E-state index contributed by atoms with van der Waals surface area (Å²) in [5, 5.41) is 0.681. The predicted octanol–water partition coefficient (Wildman–Crippen LogP) is 2.87. The molecule has 0 amide bonds. The van der Waals surface area contributed by atoms with Crippen LogP contribution in [0, 0.1) is 0 Å². The minimum Gasteiger partial charge on any atom is -0.375 e. The summed E-state index contributed by atoms with van der Waals surface area (Å²) >= 11 is 3.32. The van der Waals surface area contributed by atoms with E-state index >= 15 is 0 Å². The van der Waals surface area contributed by atoms with Crippen LogP contribution in [0.15, 0.2) is 30.3 Å². The molecule has 1 heterocycles. The van der Waals surface area contributed by atoms with E-state index < -0.39 is 5.92 Å². The minimum atomic E-state index is -2.81. The fourth-order valence-corrected chi connectivity index (χ4v) is 2.46. The first-order valence-corrected chi connectivity index (χ1v) is 7.07. The summed E-state index contributed by atoms with van der Waals surface area (Å²) in [5.74, 6) is -2.81. The first-order chi connectivity index (χ1) is 8.62. The number of ether oxygens (including phenoxy) is 1. The van der Waals surface area contributed by atoms with Crippen molar-refractivity contribution in [1.82, 2.24) is 4.90 Å². The van der Waals surface area contributed by atoms with Gasteiger partial charge in [0.05, 0.1) is 19.3 Å². The van der Waals surface area contributed by atoms with Crippen molar-refractivity contribution < 1.29 is 13.5 Å². The number of hydrogen-bond donors (Lipinski definition) is 0. The largest absolute Gasteiger partial charge is 0.375 e. The smallest absolute Gasteiger partial charge is 0.285 e. The first-order valence-electron chi connectivity index (χ1n) is 5.95. The number of alkyl halides is 3. The average molecular weight is 320 g/mol. The monoisotopic (exact) mass is 319 g/mol. The van der Waals surface area contributed by atoms with E-state index in [1.807, 2.05) is 0 Å². The van der Waals surface area contributed by atoms with Gasteiger partial charge in [0.25, 0.3) is 5.92 Å². The Balaban J connectivity index is 1.99. The molecule has 0 aromatic heterocycles. The molecule has 1 saturated heterocycles. The zero-order valence-electron chi connectivity index (χ0n) is 9.99. The molecule has 0 spiro atoms. The molecule has 5 heteroatoms. The number of rotatable bonds is 4. The minimum absolute atomic E-state index is 0.00493. The molecular formula is C13H16BrF2NO. The lowest BCUT2D eigenvalue weighted by Gasteiger charge is -2.34. The highest BCUT2D eigenvalue weighted by molar-refractivity contribution is 9.09. The lowest BCUT2D eigenvalue weighted by Crippen LogP contribution is -2.47. The van der Waals surface area contributed by atoms with Gasteiger partial charge in [0.15, 0.2) is 0 Å². The number of halogens is 3. The van der Waals surface area contributed by atoms with Gasteiger partial charge in [-0.05, 0) is 0 Å². The zero-order valence-corrected chi connectivity index (χ0v) is 11.6. The van der Waals surface area contributed by atoms with Crippen molar-refractivity contribution in [3.8, 4) is 0 Å². The second kappa shape index (κ2) is 6.08. The summed E-state index contributed by atoms with van der Waals surface area (Å²) in [6.07, 6.45) is 0.00493. The van der Waals surface area contributed by atoms with Crippen molar-refractivity contribution in [2.24, 2.45) is 0 Å². The number of benzene rings is 1. The van der Waals surface area contributed by atoms with E-state index in [1.165, 1.54) is 12.1 Å². The zero-order chi connectivity index (χ0) is 13.0. The molecule has 0 aliphatic carbocycles. The number of morpholine rings is 1. The lowest BCUT2D eigenvalue weighted by atomic mass is 10.1. The summed E-state index contributed by atoms with van der Waals surface area (Å²) in [5.41, 5.74) is 0.0758. The van der Waals surface area contributed by atoms with E-state index in [9.17, 15) is 8.78 Å². The average Bonchev–Trinajstić information content (AvgIpc) is 2.39. The van der Waals surface area contributed by atoms with E-state index in [0.29, 0.717) is 25.0 Å².